The molecule has 0 saturated heterocycles. The Balaban J connectivity index is 2.46. The number of carbonyl (C=O) groups is 1. The van der Waals surface area contributed by atoms with Gasteiger partial charge in [-0.2, -0.15) is 0 Å². The zero-order chi connectivity index (χ0) is 12.8. The van der Waals surface area contributed by atoms with Crippen molar-refractivity contribution < 1.29 is 4.79 Å². The third-order valence-corrected chi connectivity index (χ3v) is 3.01. The molecule has 0 saturated carbocycles. The molecule has 0 amide bonds. The van der Waals surface area contributed by atoms with Gasteiger partial charge < -0.3 is 4.98 Å². The van der Waals surface area contributed by atoms with Gasteiger partial charge in [-0.3, -0.25) is 9.69 Å². The predicted octanol–water partition coefficient (Wildman–Crippen LogP) is 2.94. The molecule has 0 spiro atoms. The number of ketones is 1. The molecule has 1 aromatic heterocycles. The molecular formula is C14H24N2O. The lowest BCUT2D eigenvalue weighted by Gasteiger charge is -2.15. The second-order valence-electron chi connectivity index (χ2n) is 4.86. The van der Waals surface area contributed by atoms with Crippen LogP contribution in [0.25, 0.3) is 0 Å². The van der Waals surface area contributed by atoms with E-state index in [-0.39, 0.29) is 5.78 Å². The van der Waals surface area contributed by atoms with Crippen LogP contribution in [0.4, 0.5) is 0 Å². The molecule has 0 fully saturated rings. The largest absolute Gasteiger partial charge is 0.362 e. The molecule has 3 nitrogen and oxygen atoms in total. The fourth-order valence-electron chi connectivity index (χ4n) is 2.05. The number of aromatic amines is 1. The molecule has 0 radical (unpaired) electrons. The van der Waals surface area contributed by atoms with Crippen molar-refractivity contribution in [3.8, 4) is 0 Å². The molecule has 1 N–H and O–H groups in total. The zero-order valence-corrected chi connectivity index (χ0v) is 11.5. The molecule has 0 atom stereocenters. The summed E-state index contributed by atoms with van der Waals surface area (Å²) in [7, 11) is 2.02. The van der Waals surface area contributed by atoms with Gasteiger partial charge in [0, 0.05) is 17.0 Å². The molecule has 0 aliphatic heterocycles. The number of carbonyl (C=O) groups excluding carboxylic acids is 1. The van der Waals surface area contributed by atoms with E-state index in [1.165, 1.54) is 19.3 Å². The number of H-pyrrole nitrogens is 1. The van der Waals surface area contributed by atoms with Gasteiger partial charge in [-0.05, 0) is 39.9 Å². The number of rotatable bonds is 7. The van der Waals surface area contributed by atoms with E-state index in [1.807, 2.05) is 27.0 Å². The summed E-state index contributed by atoms with van der Waals surface area (Å²) in [6.45, 7) is 7.65. The maximum Gasteiger partial charge on any atom is 0.178 e. The van der Waals surface area contributed by atoms with Crippen molar-refractivity contribution in [1.82, 2.24) is 9.88 Å². The topological polar surface area (TPSA) is 36.1 Å². The highest BCUT2D eigenvalue weighted by Gasteiger charge is 2.13. The zero-order valence-electron chi connectivity index (χ0n) is 11.5. The van der Waals surface area contributed by atoms with E-state index in [2.05, 4.69) is 16.8 Å². The predicted molar refractivity (Wildman–Crippen MR) is 71.6 cm³/mol. The molecule has 0 aliphatic rings. The Labute approximate surface area is 104 Å². The van der Waals surface area contributed by atoms with E-state index in [0.717, 1.165) is 23.5 Å². The molecular weight excluding hydrogens is 212 g/mol. The summed E-state index contributed by atoms with van der Waals surface area (Å²) < 4.78 is 0. The van der Waals surface area contributed by atoms with Crippen LogP contribution in [0.2, 0.25) is 0 Å². The quantitative estimate of drug-likeness (QED) is 0.583. The fourth-order valence-corrected chi connectivity index (χ4v) is 2.05. The van der Waals surface area contributed by atoms with E-state index >= 15 is 0 Å². The third-order valence-electron chi connectivity index (χ3n) is 3.01. The molecule has 17 heavy (non-hydrogen) atoms. The molecule has 1 heterocycles. The minimum absolute atomic E-state index is 0.214. The lowest BCUT2D eigenvalue weighted by atomic mass is 10.1. The van der Waals surface area contributed by atoms with Crippen LogP contribution in [0.5, 0.6) is 0 Å². The van der Waals surface area contributed by atoms with Gasteiger partial charge in [0.15, 0.2) is 5.78 Å². The van der Waals surface area contributed by atoms with Gasteiger partial charge in [-0.25, -0.2) is 0 Å². The molecule has 0 unspecified atom stereocenters. The van der Waals surface area contributed by atoms with E-state index in [1.54, 1.807) is 0 Å². The van der Waals surface area contributed by atoms with E-state index in [0.29, 0.717) is 6.54 Å². The van der Waals surface area contributed by atoms with Crippen molar-refractivity contribution in [3.05, 3.63) is 23.0 Å². The summed E-state index contributed by atoms with van der Waals surface area (Å²) in [6.07, 6.45) is 3.63. The summed E-state index contributed by atoms with van der Waals surface area (Å²) in [6, 6.07) is 1.94. The van der Waals surface area contributed by atoms with Crippen molar-refractivity contribution in [2.45, 2.75) is 40.0 Å². The van der Waals surface area contributed by atoms with Gasteiger partial charge in [-0.1, -0.05) is 19.8 Å². The molecule has 1 aromatic rings. The Morgan fingerprint density at radius 2 is 2.06 bits per heavy atom. The number of hydrogen-bond acceptors (Lipinski definition) is 2. The normalized spacial score (nSPS) is 11.1. The molecule has 96 valence electrons. The first kappa shape index (κ1) is 14.0. The van der Waals surface area contributed by atoms with E-state index in [4.69, 9.17) is 0 Å². The Bertz CT molecular complexity index is 368. The first-order valence-electron chi connectivity index (χ1n) is 6.42. The first-order valence-corrected chi connectivity index (χ1v) is 6.42. The van der Waals surface area contributed by atoms with Crippen molar-refractivity contribution in [2.24, 2.45) is 0 Å². The van der Waals surface area contributed by atoms with Gasteiger partial charge in [0.25, 0.3) is 0 Å². The maximum atomic E-state index is 12.1. The number of nitrogens with one attached hydrogen (secondary N) is 1. The number of unbranched alkanes of at least 4 members (excludes halogenated alkanes) is 2. The summed E-state index contributed by atoms with van der Waals surface area (Å²) in [5.41, 5.74) is 2.87. The monoisotopic (exact) mass is 236 g/mol. The Morgan fingerprint density at radius 3 is 2.59 bits per heavy atom. The summed E-state index contributed by atoms with van der Waals surface area (Å²) in [5.74, 6) is 0.214. The summed E-state index contributed by atoms with van der Waals surface area (Å²) >= 11 is 0. The summed E-state index contributed by atoms with van der Waals surface area (Å²) in [4.78, 5) is 17.3. The fraction of sp³-hybridized carbons (Fsp3) is 0.643. The standard InChI is InChI=1S/C14H24N2O/c1-5-6-7-8-16(4)10-14(17)13-9-11(2)15-12(13)3/h9,15H,5-8,10H2,1-4H3. The minimum atomic E-state index is 0.214. The van der Waals surface area contributed by atoms with Crippen LogP contribution in [0.15, 0.2) is 6.07 Å². The van der Waals surface area contributed by atoms with Crippen molar-refractivity contribution >= 4 is 5.78 Å². The second-order valence-corrected chi connectivity index (χ2v) is 4.86. The highest BCUT2D eigenvalue weighted by molar-refractivity contribution is 5.98. The van der Waals surface area contributed by atoms with Gasteiger partial charge in [0.1, 0.15) is 0 Å². The molecule has 1 rings (SSSR count). The number of aromatic nitrogens is 1. The van der Waals surface area contributed by atoms with Crippen LogP contribution in [0, 0.1) is 13.8 Å². The highest BCUT2D eigenvalue weighted by atomic mass is 16.1. The van der Waals surface area contributed by atoms with Crippen LogP contribution in [0.3, 0.4) is 0 Å². The van der Waals surface area contributed by atoms with E-state index in [9.17, 15) is 4.79 Å². The molecule has 3 heteroatoms. The smallest absolute Gasteiger partial charge is 0.178 e. The van der Waals surface area contributed by atoms with Crippen molar-refractivity contribution in [1.29, 1.82) is 0 Å². The lowest BCUT2D eigenvalue weighted by Crippen LogP contribution is -2.27. The minimum Gasteiger partial charge on any atom is -0.362 e. The van der Waals surface area contributed by atoms with Crippen LogP contribution < -0.4 is 0 Å². The van der Waals surface area contributed by atoms with E-state index < -0.39 is 0 Å². The molecule has 0 aromatic carbocycles. The Morgan fingerprint density at radius 1 is 1.35 bits per heavy atom. The number of aryl methyl sites for hydroxylation is 2. The van der Waals surface area contributed by atoms with Crippen LogP contribution in [-0.4, -0.2) is 35.8 Å². The van der Waals surface area contributed by atoms with Crippen LogP contribution in [-0.2, 0) is 0 Å². The van der Waals surface area contributed by atoms with Gasteiger partial charge in [0.2, 0.25) is 0 Å². The average molecular weight is 236 g/mol. The van der Waals surface area contributed by atoms with Crippen LogP contribution in [0.1, 0.15) is 47.9 Å². The van der Waals surface area contributed by atoms with Gasteiger partial charge in [0.05, 0.1) is 6.54 Å². The number of hydrogen-bond donors (Lipinski definition) is 1. The summed E-state index contributed by atoms with van der Waals surface area (Å²) in [5, 5.41) is 0. The number of Topliss-reactive ketones (excluding diaryl/α,β-unsaturated/α-hetero) is 1. The van der Waals surface area contributed by atoms with Crippen LogP contribution >= 0.6 is 0 Å². The molecule has 0 aliphatic carbocycles. The highest BCUT2D eigenvalue weighted by Crippen LogP contribution is 2.10. The van der Waals surface area contributed by atoms with Crippen molar-refractivity contribution in [2.75, 3.05) is 20.1 Å². The molecule has 0 bridgehead atoms. The second kappa shape index (κ2) is 6.60. The lowest BCUT2D eigenvalue weighted by molar-refractivity contribution is 0.0945. The first-order chi connectivity index (χ1) is 8.04. The maximum absolute atomic E-state index is 12.1. The SMILES string of the molecule is CCCCCN(C)CC(=O)c1cc(C)[nH]c1C. The number of likely N-dealkylation sites (N-methyl/N-ethyl adjacent to an activating group) is 1. The van der Waals surface area contributed by atoms with Gasteiger partial charge >= 0.3 is 0 Å². The number of nitrogens with zero attached hydrogens (tertiary/aromatic N) is 1. The third kappa shape index (κ3) is 4.35. The van der Waals surface area contributed by atoms with Crippen molar-refractivity contribution in [3.63, 3.8) is 0 Å². The Hall–Kier alpha value is -1.09. The van der Waals surface area contributed by atoms with Gasteiger partial charge in [-0.15, -0.1) is 0 Å². The average Bonchev–Trinajstić information content (AvgIpc) is 2.58. The Kier molecular flexibility index (Phi) is 5.42.